The lowest BCUT2D eigenvalue weighted by atomic mass is 9.96. The van der Waals surface area contributed by atoms with Gasteiger partial charge in [0.15, 0.2) is 18.9 Å². The van der Waals surface area contributed by atoms with Gasteiger partial charge in [-0.25, -0.2) is 0 Å². The molecule has 0 bridgehead atoms. The Morgan fingerprint density at radius 1 is 0.427 bits per heavy atom. The lowest BCUT2D eigenvalue weighted by Gasteiger charge is -2.48. The summed E-state index contributed by atoms with van der Waals surface area (Å²) in [4.78, 5) is 13.3. The van der Waals surface area contributed by atoms with Crippen LogP contribution in [0.3, 0.4) is 0 Å². The van der Waals surface area contributed by atoms with Crippen LogP contribution in [0.2, 0.25) is 0 Å². The summed E-state index contributed by atoms with van der Waals surface area (Å²) in [5.74, 6) is -0.284. The van der Waals surface area contributed by atoms with Crippen LogP contribution in [0.15, 0.2) is 24.3 Å². The lowest BCUT2D eigenvalue weighted by Crippen LogP contribution is -2.66. The Hall–Kier alpha value is -1.73. The molecule has 482 valence electrons. The van der Waals surface area contributed by atoms with Crippen molar-refractivity contribution in [2.75, 3.05) is 26.4 Å². The minimum absolute atomic E-state index is 0.234. The van der Waals surface area contributed by atoms with E-state index in [0.717, 1.165) is 64.2 Å². The normalized spacial score (nSPS) is 29.7. The molecule has 3 heterocycles. The van der Waals surface area contributed by atoms with E-state index in [9.17, 15) is 61.0 Å². The van der Waals surface area contributed by atoms with E-state index in [1.165, 1.54) is 148 Å². The molecule has 0 aliphatic carbocycles. The predicted molar refractivity (Wildman–Crippen MR) is 314 cm³/mol. The van der Waals surface area contributed by atoms with Crippen molar-refractivity contribution in [3.63, 3.8) is 0 Å². The standard InChI is InChI=1S/C63H117NO18/c1-3-5-7-9-11-13-15-17-18-19-20-21-22-23-24-25-26-27-28-29-30-32-34-36-38-40-47(68)46(64-51(69)41-39-37-35-33-31-16-14-12-10-8-6-4-2)45-77-61-57(75)54(72)59(49(43-66)79-61)82-63-58(76)55(73)60(50(44-67)80-63)81-62-56(74)53(71)52(70)48(42-65)78-62/h12,14,38,40,46-50,52-63,65-68,70-76H,3-11,13,15-37,39,41-45H2,1-2H3,(H,64,69)/b14-12-,40-38+. The van der Waals surface area contributed by atoms with E-state index in [-0.39, 0.29) is 18.9 Å². The van der Waals surface area contributed by atoms with Gasteiger partial charge in [-0.2, -0.15) is 0 Å². The van der Waals surface area contributed by atoms with Gasteiger partial charge in [0.1, 0.15) is 73.2 Å². The highest BCUT2D eigenvalue weighted by atomic mass is 16.8. The summed E-state index contributed by atoms with van der Waals surface area (Å²) in [5.41, 5.74) is 0. The number of carbonyl (C=O) groups is 1. The van der Waals surface area contributed by atoms with Crippen LogP contribution in [0.5, 0.6) is 0 Å². The summed E-state index contributed by atoms with van der Waals surface area (Å²) in [5, 5.41) is 120. The number of rotatable bonds is 49. The molecule has 19 nitrogen and oxygen atoms in total. The summed E-state index contributed by atoms with van der Waals surface area (Å²) in [6, 6.07) is -0.974. The van der Waals surface area contributed by atoms with Crippen molar-refractivity contribution in [1.29, 1.82) is 0 Å². The van der Waals surface area contributed by atoms with Gasteiger partial charge in [0.25, 0.3) is 0 Å². The van der Waals surface area contributed by atoms with Crippen molar-refractivity contribution >= 4 is 5.91 Å². The van der Waals surface area contributed by atoms with Crippen molar-refractivity contribution in [2.24, 2.45) is 0 Å². The maximum atomic E-state index is 13.3. The minimum Gasteiger partial charge on any atom is -0.394 e. The van der Waals surface area contributed by atoms with E-state index in [1.54, 1.807) is 6.08 Å². The Labute approximate surface area is 492 Å². The molecule has 0 aromatic rings. The predicted octanol–water partition coefficient (Wildman–Crippen LogP) is 7.10. The van der Waals surface area contributed by atoms with Crippen molar-refractivity contribution in [2.45, 2.75) is 343 Å². The van der Waals surface area contributed by atoms with E-state index in [4.69, 9.17) is 28.4 Å². The van der Waals surface area contributed by atoms with Gasteiger partial charge in [-0.05, 0) is 44.9 Å². The molecule has 0 aromatic carbocycles. The van der Waals surface area contributed by atoms with Gasteiger partial charge in [0.05, 0.1) is 38.6 Å². The molecular weight excluding hydrogens is 1060 g/mol. The fraction of sp³-hybridized carbons (Fsp3) is 0.921. The summed E-state index contributed by atoms with van der Waals surface area (Å²) in [6.07, 6.45) is 23.1. The number of allylic oxidation sites excluding steroid dienone is 3. The molecule has 0 aromatic heterocycles. The van der Waals surface area contributed by atoms with Crippen LogP contribution in [0.25, 0.3) is 0 Å². The van der Waals surface area contributed by atoms with Crippen LogP contribution in [-0.2, 0) is 33.2 Å². The second-order valence-corrected chi connectivity index (χ2v) is 23.6. The van der Waals surface area contributed by atoms with Gasteiger partial charge < -0.3 is 89.9 Å². The van der Waals surface area contributed by atoms with Crippen LogP contribution < -0.4 is 5.32 Å². The fourth-order valence-corrected chi connectivity index (χ4v) is 11.1. The third kappa shape index (κ3) is 29.3. The first kappa shape index (κ1) is 74.5. The summed E-state index contributed by atoms with van der Waals surface area (Å²) >= 11 is 0. The van der Waals surface area contributed by atoms with Gasteiger partial charge in [0.2, 0.25) is 5.91 Å². The van der Waals surface area contributed by atoms with Crippen molar-refractivity contribution in [1.82, 2.24) is 5.32 Å². The second-order valence-electron chi connectivity index (χ2n) is 23.6. The number of ether oxygens (including phenoxy) is 6. The Balaban J connectivity index is 1.44. The van der Waals surface area contributed by atoms with E-state index < -0.39 is 124 Å². The molecule has 0 saturated carbocycles. The Morgan fingerprint density at radius 2 is 0.768 bits per heavy atom. The molecule has 17 unspecified atom stereocenters. The minimum atomic E-state index is -1.98. The Bertz CT molecular complexity index is 1590. The third-order valence-corrected chi connectivity index (χ3v) is 16.5. The number of nitrogens with one attached hydrogen (secondary N) is 1. The topological polar surface area (TPSA) is 307 Å². The van der Waals surface area contributed by atoms with Gasteiger partial charge in [-0.1, -0.05) is 212 Å². The first-order valence-electron chi connectivity index (χ1n) is 32.6. The van der Waals surface area contributed by atoms with Crippen LogP contribution in [0.4, 0.5) is 0 Å². The largest absolute Gasteiger partial charge is 0.394 e. The van der Waals surface area contributed by atoms with Gasteiger partial charge in [-0.3, -0.25) is 4.79 Å². The average molecular weight is 1180 g/mol. The monoisotopic (exact) mass is 1180 g/mol. The fourth-order valence-electron chi connectivity index (χ4n) is 11.1. The summed E-state index contributed by atoms with van der Waals surface area (Å²) < 4.78 is 34.3. The maximum Gasteiger partial charge on any atom is 0.220 e. The zero-order valence-electron chi connectivity index (χ0n) is 50.5. The Morgan fingerprint density at radius 3 is 1.21 bits per heavy atom. The number of aliphatic hydroxyl groups is 11. The number of unbranched alkanes of at least 4 members (excludes halogenated alkanes) is 31. The average Bonchev–Trinajstić information content (AvgIpc) is 3.34. The highest BCUT2D eigenvalue weighted by Crippen LogP contribution is 2.33. The molecular formula is C63H117NO18. The molecule has 19 heteroatoms. The quantitative estimate of drug-likeness (QED) is 0.0213. The molecule has 3 aliphatic rings. The molecule has 3 rings (SSSR count). The molecule has 17 atom stereocenters. The van der Waals surface area contributed by atoms with E-state index >= 15 is 0 Å². The van der Waals surface area contributed by atoms with E-state index in [0.29, 0.717) is 6.42 Å². The smallest absolute Gasteiger partial charge is 0.220 e. The lowest BCUT2D eigenvalue weighted by molar-refractivity contribution is -0.379. The number of hydrogen-bond donors (Lipinski definition) is 12. The zero-order valence-corrected chi connectivity index (χ0v) is 50.5. The van der Waals surface area contributed by atoms with Crippen LogP contribution >= 0.6 is 0 Å². The third-order valence-electron chi connectivity index (χ3n) is 16.5. The Kier molecular flexibility index (Phi) is 42.2. The first-order valence-corrected chi connectivity index (χ1v) is 32.6. The van der Waals surface area contributed by atoms with E-state index in [1.807, 2.05) is 6.08 Å². The second kappa shape index (κ2) is 46.4. The van der Waals surface area contributed by atoms with Crippen molar-refractivity contribution < 1.29 is 89.4 Å². The first-order chi connectivity index (χ1) is 39.8. The molecule has 3 saturated heterocycles. The highest BCUT2D eigenvalue weighted by Gasteiger charge is 2.53. The molecule has 0 radical (unpaired) electrons. The van der Waals surface area contributed by atoms with Crippen LogP contribution in [0, 0.1) is 0 Å². The van der Waals surface area contributed by atoms with Crippen LogP contribution in [-0.4, -0.2) is 193 Å². The number of amides is 1. The molecule has 1 amide bonds. The molecule has 3 aliphatic heterocycles. The summed E-state index contributed by atoms with van der Waals surface area (Å²) in [7, 11) is 0. The number of aliphatic hydroxyl groups excluding tert-OH is 11. The summed E-state index contributed by atoms with van der Waals surface area (Å²) in [6.45, 7) is 1.70. The van der Waals surface area contributed by atoms with Gasteiger partial charge in [-0.15, -0.1) is 0 Å². The maximum absolute atomic E-state index is 13.3. The molecule has 12 N–H and O–H groups in total. The number of carbonyl (C=O) groups excluding carboxylic acids is 1. The van der Waals surface area contributed by atoms with E-state index in [2.05, 4.69) is 31.3 Å². The molecule has 0 spiro atoms. The van der Waals surface area contributed by atoms with Crippen LogP contribution in [0.1, 0.15) is 239 Å². The van der Waals surface area contributed by atoms with Gasteiger partial charge >= 0.3 is 0 Å². The SMILES string of the molecule is CCCCC/C=C\CCCCCCCC(=O)NC(COC1OC(CO)C(OC2OC(CO)C(OC3OC(CO)C(O)C(O)C3O)C(O)C2O)C(O)C1O)C(O)/C=C/CCCCCCCCCCCCCCCCCCCCCCCCC. The van der Waals surface area contributed by atoms with Gasteiger partial charge in [0, 0.05) is 6.42 Å². The van der Waals surface area contributed by atoms with Crippen molar-refractivity contribution in [3.05, 3.63) is 24.3 Å². The van der Waals surface area contributed by atoms with Crippen molar-refractivity contribution in [3.8, 4) is 0 Å². The number of hydrogen-bond acceptors (Lipinski definition) is 18. The molecule has 3 fully saturated rings. The zero-order chi connectivity index (χ0) is 59.7. The highest BCUT2D eigenvalue weighted by molar-refractivity contribution is 5.76. The molecule has 82 heavy (non-hydrogen) atoms.